The Kier molecular flexibility index (Phi) is 7.73. The van der Waals surface area contributed by atoms with Gasteiger partial charge in [0.1, 0.15) is 12.4 Å². The summed E-state index contributed by atoms with van der Waals surface area (Å²) in [6.07, 6.45) is 0.842. The summed E-state index contributed by atoms with van der Waals surface area (Å²) >= 11 is 1.36. The van der Waals surface area contributed by atoms with Crippen molar-refractivity contribution in [2.75, 3.05) is 19.8 Å². The molecule has 0 bridgehead atoms. The molecule has 1 amide bonds. The third-order valence-corrected chi connectivity index (χ3v) is 7.51. The van der Waals surface area contributed by atoms with E-state index in [9.17, 15) is 18.0 Å². The van der Waals surface area contributed by atoms with Crippen molar-refractivity contribution in [1.29, 1.82) is 0 Å². The van der Waals surface area contributed by atoms with Crippen LogP contribution in [0, 0.1) is 0 Å². The normalized spacial score (nSPS) is 21.6. The first-order chi connectivity index (χ1) is 16.5. The zero-order valence-electron chi connectivity index (χ0n) is 20.2. The van der Waals surface area contributed by atoms with Gasteiger partial charge in [0.05, 0.1) is 29.9 Å². The van der Waals surface area contributed by atoms with E-state index >= 15 is 0 Å². The van der Waals surface area contributed by atoms with Gasteiger partial charge in [-0.3, -0.25) is 4.79 Å². The molecule has 0 saturated carbocycles. The Morgan fingerprint density at radius 2 is 1.83 bits per heavy atom. The van der Waals surface area contributed by atoms with Crippen molar-refractivity contribution in [2.24, 2.45) is 4.99 Å². The van der Waals surface area contributed by atoms with E-state index in [0.717, 1.165) is 42.7 Å². The van der Waals surface area contributed by atoms with E-state index in [1.165, 1.54) is 17.4 Å². The molecular weight excluding hydrogens is 481 g/mol. The van der Waals surface area contributed by atoms with Crippen LogP contribution >= 0.6 is 11.3 Å². The Bertz CT molecular complexity index is 1110. The Morgan fingerprint density at radius 3 is 2.43 bits per heavy atom. The van der Waals surface area contributed by atoms with Gasteiger partial charge >= 0.3 is 6.18 Å². The number of alkyl halides is 3. The van der Waals surface area contributed by atoms with E-state index in [1.54, 1.807) is 0 Å². The highest BCUT2D eigenvalue weighted by molar-refractivity contribution is 7.09. The molecule has 1 aromatic heterocycles. The van der Waals surface area contributed by atoms with Gasteiger partial charge in [-0.2, -0.15) is 18.2 Å². The Balaban J connectivity index is 1.69. The molecule has 2 aliphatic rings. The third-order valence-electron chi connectivity index (χ3n) is 6.07. The number of amides is 1. The minimum Gasteiger partial charge on any atom is -0.490 e. The molecule has 2 saturated heterocycles. The van der Waals surface area contributed by atoms with Gasteiger partial charge in [0.15, 0.2) is 4.80 Å². The average Bonchev–Trinajstić information content (AvgIpc) is 3.54. The molecule has 192 valence electrons. The van der Waals surface area contributed by atoms with Crippen molar-refractivity contribution in [2.45, 2.75) is 76.8 Å². The molecule has 0 unspecified atom stereocenters. The predicted octanol–water partition coefficient (Wildman–Crippen LogP) is 5.34. The summed E-state index contributed by atoms with van der Waals surface area (Å²) in [5.74, 6) is -0.706. The monoisotopic (exact) mass is 512 g/mol. The molecule has 2 aliphatic heterocycles. The summed E-state index contributed by atoms with van der Waals surface area (Å²) in [4.78, 5) is 19.0. The summed E-state index contributed by atoms with van der Waals surface area (Å²) in [6.45, 7) is 8.20. The van der Waals surface area contributed by atoms with Crippen molar-refractivity contribution in [3.05, 3.63) is 45.2 Å². The molecule has 4 rings (SSSR count). The average molecular weight is 513 g/mol. The van der Waals surface area contributed by atoms with Crippen LogP contribution in [0.2, 0.25) is 0 Å². The number of hydrogen-bond acceptors (Lipinski definition) is 5. The van der Waals surface area contributed by atoms with Crippen LogP contribution in [-0.2, 0) is 27.6 Å². The zero-order chi connectivity index (χ0) is 25.2. The van der Waals surface area contributed by atoms with Gasteiger partial charge in [0.25, 0.3) is 5.91 Å². The van der Waals surface area contributed by atoms with Gasteiger partial charge < -0.3 is 18.8 Å². The highest BCUT2D eigenvalue weighted by atomic mass is 32.1. The van der Waals surface area contributed by atoms with Crippen molar-refractivity contribution >= 4 is 17.2 Å². The smallest absolute Gasteiger partial charge is 0.416 e. The standard InChI is InChI=1S/C25H31F3N2O4S/c1-24(2,3)21-14-30(13-17-6-4-10-32-17)23(35-21)29-22(31)19-12-16(25(26,27)28)8-9-20(19)34-15-18-7-5-11-33-18/h8-9,12,14,17-18H,4-7,10-11,13,15H2,1-3H3/t17-,18-/m1/s1. The molecule has 10 heteroatoms. The van der Waals surface area contributed by atoms with Crippen molar-refractivity contribution in [3.63, 3.8) is 0 Å². The Morgan fingerprint density at radius 1 is 1.14 bits per heavy atom. The van der Waals surface area contributed by atoms with Gasteiger partial charge in [-0.15, -0.1) is 11.3 Å². The lowest BCUT2D eigenvalue weighted by molar-refractivity contribution is -0.137. The number of benzene rings is 1. The quantitative estimate of drug-likeness (QED) is 0.524. The summed E-state index contributed by atoms with van der Waals surface area (Å²) in [6, 6.07) is 2.93. The molecule has 2 atom stereocenters. The van der Waals surface area contributed by atoms with E-state index in [-0.39, 0.29) is 35.5 Å². The lowest BCUT2D eigenvalue weighted by Crippen LogP contribution is -2.24. The third kappa shape index (κ3) is 6.54. The van der Waals surface area contributed by atoms with Gasteiger partial charge in [0.2, 0.25) is 0 Å². The second kappa shape index (κ2) is 10.4. The maximum absolute atomic E-state index is 13.4. The fraction of sp³-hybridized carbons (Fsp3) is 0.600. The Labute approximate surface area is 206 Å². The molecule has 0 N–H and O–H groups in total. The highest BCUT2D eigenvalue weighted by Crippen LogP contribution is 2.33. The number of hydrogen-bond donors (Lipinski definition) is 0. The van der Waals surface area contributed by atoms with E-state index in [1.807, 2.05) is 10.8 Å². The fourth-order valence-electron chi connectivity index (χ4n) is 4.06. The molecule has 0 aliphatic carbocycles. The van der Waals surface area contributed by atoms with Gasteiger partial charge in [-0.05, 0) is 49.3 Å². The Hall–Kier alpha value is -2.17. The van der Waals surface area contributed by atoms with Crippen molar-refractivity contribution in [3.8, 4) is 5.75 Å². The summed E-state index contributed by atoms with van der Waals surface area (Å²) in [5, 5.41) is 0. The topological polar surface area (TPSA) is 62.1 Å². The summed E-state index contributed by atoms with van der Waals surface area (Å²) < 4.78 is 59.2. The molecule has 0 spiro atoms. The van der Waals surface area contributed by atoms with E-state index in [0.29, 0.717) is 24.6 Å². The predicted molar refractivity (Wildman–Crippen MR) is 126 cm³/mol. The van der Waals surface area contributed by atoms with Crippen LogP contribution in [0.5, 0.6) is 5.75 Å². The second-order valence-corrected chi connectivity index (χ2v) is 11.0. The molecule has 35 heavy (non-hydrogen) atoms. The van der Waals surface area contributed by atoms with Crippen LogP contribution < -0.4 is 9.54 Å². The van der Waals surface area contributed by atoms with Crippen LogP contribution in [0.25, 0.3) is 0 Å². The number of ether oxygens (including phenoxy) is 3. The first-order valence-corrected chi connectivity index (χ1v) is 12.7. The minimum atomic E-state index is -4.59. The maximum atomic E-state index is 13.4. The van der Waals surface area contributed by atoms with E-state index in [2.05, 4.69) is 25.8 Å². The SMILES string of the molecule is CC(C)(C)c1cn(C[C@H]2CCCO2)c(=NC(=O)c2cc(C(F)(F)F)ccc2OC[C@H]2CCCO2)s1. The lowest BCUT2D eigenvalue weighted by Gasteiger charge is -2.15. The number of carbonyl (C=O) groups excluding carboxylic acids is 1. The van der Waals surface area contributed by atoms with Crippen molar-refractivity contribution < 1.29 is 32.2 Å². The van der Waals surface area contributed by atoms with Crippen LogP contribution in [0.1, 0.15) is 67.3 Å². The number of carbonyl (C=O) groups is 1. The molecule has 3 heterocycles. The largest absolute Gasteiger partial charge is 0.490 e. The molecule has 2 fully saturated rings. The number of rotatable bonds is 6. The first kappa shape index (κ1) is 25.9. The van der Waals surface area contributed by atoms with Crippen LogP contribution in [-0.4, -0.2) is 42.5 Å². The molecular formula is C25H31F3N2O4S. The maximum Gasteiger partial charge on any atom is 0.416 e. The van der Waals surface area contributed by atoms with Crippen LogP contribution in [0.15, 0.2) is 29.4 Å². The zero-order valence-corrected chi connectivity index (χ0v) is 21.0. The second-order valence-electron chi connectivity index (χ2n) is 9.99. The minimum absolute atomic E-state index is 0.0188. The van der Waals surface area contributed by atoms with E-state index < -0.39 is 17.6 Å². The molecule has 1 aromatic carbocycles. The van der Waals surface area contributed by atoms with Crippen molar-refractivity contribution in [1.82, 2.24) is 4.57 Å². The number of halogens is 3. The molecule has 6 nitrogen and oxygen atoms in total. The summed E-state index contributed by atoms with van der Waals surface area (Å²) in [5.41, 5.74) is -1.31. The molecule has 2 aromatic rings. The number of nitrogens with zero attached hydrogens (tertiary/aromatic N) is 2. The fourth-order valence-corrected chi connectivity index (χ4v) is 5.11. The lowest BCUT2D eigenvalue weighted by atomic mass is 9.95. The first-order valence-electron chi connectivity index (χ1n) is 11.9. The summed E-state index contributed by atoms with van der Waals surface area (Å²) in [7, 11) is 0. The van der Waals surface area contributed by atoms with E-state index in [4.69, 9.17) is 14.2 Å². The van der Waals surface area contributed by atoms with Crippen LogP contribution in [0.4, 0.5) is 13.2 Å². The number of aromatic nitrogens is 1. The number of thiazole rings is 1. The van der Waals surface area contributed by atoms with Gasteiger partial charge in [-0.25, -0.2) is 0 Å². The molecule has 0 radical (unpaired) electrons. The van der Waals surface area contributed by atoms with Gasteiger partial charge in [-0.1, -0.05) is 20.8 Å². The van der Waals surface area contributed by atoms with Gasteiger partial charge in [0, 0.05) is 24.3 Å². The highest BCUT2D eigenvalue weighted by Gasteiger charge is 2.32. The van der Waals surface area contributed by atoms with Crippen LogP contribution in [0.3, 0.4) is 0 Å².